The van der Waals surface area contributed by atoms with E-state index in [2.05, 4.69) is 30.0 Å². The summed E-state index contributed by atoms with van der Waals surface area (Å²) in [6.07, 6.45) is 9.27. The van der Waals surface area contributed by atoms with Gasteiger partial charge in [-0.1, -0.05) is 6.42 Å². The van der Waals surface area contributed by atoms with Gasteiger partial charge in [-0.15, -0.1) is 0 Å². The van der Waals surface area contributed by atoms with E-state index in [0.717, 1.165) is 19.5 Å². The minimum atomic E-state index is 0.460. The van der Waals surface area contributed by atoms with Crippen molar-refractivity contribution < 1.29 is 0 Å². The minimum absolute atomic E-state index is 0.460. The largest absolute Gasteiger partial charge is 0.330 e. The lowest BCUT2D eigenvalue weighted by atomic mass is 9.96. The molecule has 0 saturated carbocycles. The van der Waals surface area contributed by atoms with Crippen molar-refractivity contribution in [3.8, 4) is 0 Å². The molecule has 0 aliphatic carbocycles. The second-order valence-electron chi connectivity index (χ2n) is 5.27. The van der Waals surface area contributed by atoms with Gasteiger partial charge in [0.1, 0.15) is 0 Å². The summed E-state index contributed by atoms with van der Waals surface area (Å²) in [5, 5.41) is 4.39. The zero-order valence-electron chi connectivity index (χ0n) is 11.7. The summed E-state index contributed by atoms with van der Waals surface area (Å²) in [6.45, 7) is 7.36. The van der Waals surface area contributed by atoms with E-state index in [1.807, 2.05) is 10.9 Å². The van der Waals surface area contributed by atoms with Crippen LogP contribution in [0.4, 0.5) is 0 Å². The monoisotopic (exact) mass is 250 g/mol. The molecule has 4 heteroatoms. The van der Waals surface area contributed by atoms with Crippen LogP contribution < -0.4 is 5.73 Å². The second-order valence-corrected chi connectivity index (χ2v) is 5.27. The van der Waals surface area contributed by atoms with E-state index in [4.69, 9.17) is 5.73 Å². The summed E-state index contributed by atoms with van der Waals surface area (Å²) in [6, 6.07) is 1.12. The molecule has 1 saturated heterocycles. The van der Waals surface area contributed by atoms with Crippen molar-refractivity contribution in [2.45, 2.75) is 58.2 Å². The van der Waals surface area contributed by atoms with E-state index in [1.54, 1.807) is 0 Å². The molecule has 0 bridgehead atoms. The molecule has 1 fully saturated rings. The molecule has 1 aromatic rings. The molecule has 0 amide bonds. The van der Waals surface area contributed by atoms with Gasteiger partial charge in [-0.05, 0) is 46.2 Å². The highest BCUT2D eigenvalue weighted by atomic mass is 15.3. The van der Waals surface area contributed by atoms with E-state index >= 15 is 0 Å². The summed E-state index contributed by atoms with van der Waals surface area (Å²) < 4.78 is 2.01. The van der Waals surface area contributed by atoms with Crippen molar-refractivity contribution in [1.29, 1.82) is 0 Å². The van der Waals surface area contributed by atoms with Crippen molar-refractivity contribution in [1.82, 2.24) is 14.7 Å². The molecule has 2 heterocycles. The fourth-order valence-electron chi connectivity index (χ4n) is 2.99. The molecule has 0 aromatic carbocycles. The molecule has 2 rings (SSSR count). The third-order valence-corrected chi connectivity index (χ3v) is 4.13. The predicted octanol–water partition coefficient (Wildman–Crippen LogP) is 2.17. The summed E-state index contributed by atoms with van der Waals surface area (Å²) >= 11 is 0. The Kier molecular flexibility index (Phi) is 4.78. The Morgan fingerprint density at radius 2 is 2.33 bits per heavy atom. The maximum absolute atomic E-state index is 5.74. The Labute approximate surface area is 110 Å². The summed E-state index contributed by atoms with van der Waals surface area (Å²) in [4.78, 5) is 2.62. The van der Waals surface area contributed by atoms with Gasteiger partial charge in [0.2, 0.25) is 0 Å². The molecule has 0 radical (unpaired) electrons. The van der Waals surface area contributed by atoms with Gasteiger partial charge in [0.25, 0.3) is 0 Å². The first-order valence-electron chi connectivity index (χ1n) is 7.24. The second kappa shape index (κ2) is 6.34. The van der Waals surface area contributed by atoms with Gasteiger partial charge in [-0.2, -0.15) is 5.10 Å². The van der Waals surface area contributed by atoms with E-state index in [0.29, 0.717) is 12.1 Å². The van der Waals surface area contributed by atoms with Gasteiger partial charge < -0.3 is 5.73 Å². The molecule has 2 N–H and O–H groups in total. The van der Waals surface area contributed by atoms with Crippen LogP contribution in [0.1, 0.15) is 51.1 Å². The van der Waals surface area contributed by atoms with E-state index in [-0.39, 0.29) is 0 Å². The van der Waals surface area contributed by atoms with Crippen molar-refractivity contribution >= 4 is 0 Å². The number of hydrogen-bond acceptors (Lipinski definition) is 3. The highest BCUT2D eigenvalue weighted by Gasteiger charge is 2.27. The minimum Gasteiger partial charge on any atom is -0.330 e. The summed E-state index contributed by atoms with van der Waals surface area (Å²) in [7, 11) is 0. The van der Waals surface area contributed by atoms with E-state index in [1.165, 1.54) is 31.4 Å². The summed E-state index contributed by atoms with van der Waals surface area (Å²) in [5.74, 6) is 0. The number of likely N-dealkylation sites (tertiary alicyclic amines) is 1. The van der Waals surface area contributed by atoms with Gasteiger partial charge in [0, 0.05) is 30.4 Å². The van der Waals surface area contributed by atoms with Gasteiger partial charge >= 0.3 is 0 Å². The first-order valence-corrected chi connectivity index (χ1v) is 7.24. The highest BCUT2D eigenvalue weighted by molar-refractivity contribution is 5.10. The van der Waals surface area contributed by atoms with Crippen LogP contribution in [0.15, 0.2) is 12.4 Å². The van der Waals surface area contributed by atoms with Crippen LogP contribution in [0.3, 0.4) is 0 Å². The van der Waals surface area contributed by atoms with Crippen molar-refractivity contribution in [3.63, 3.8) is 0 Å². The topological polar surface area (TPSA) is 47.1 Å². The third-order valence-electron chi connectivity index (χ3n) is 4.13. The van der Waals surface area contributed by atoms with Crippen LogP contribution in [-0.2, 0) is 6.54 Å². The Morgan fingerprint density at radius 1 is 1.50 bits per heavy atom. The number of aromatic nitrogens is 2. The molecule has 2 unspecified atom stereocenters. The van der Waals surface area contributed by atoms with Gasteiger partial charge in [0.15, 0.2) is 0 Å². The zero-order valence-corrected chi connectivity index (χ0v) is 11.7. The number of hydrogen-bond donors (Lipinski definition) is 1. The first kappa shape index (κ1) is 13.6. The van der Waals surface area contributed by atoms with E-state index < -0.39 is 0 Å². The number of piperidine rings is 1. The Hall–Kier alpha value is -0.870. The third kappa shape index (κ3) is 2.93. The molecule has 1 aromatic heterocycles. The molecule has 4 nitrogen and oxygen atoms in total. The number of rotatable bonds is 5. The quantitative estimate of drug-likeness (QED) is 0.871. The smallest absolute Gasteiger partial charge is 0.0537 e. The van der Waals surface area contributed by atoms with Crippen molar-refractivity contribution in [2.75, 3.05) is 13.1 Å². The predicted molar refractivity (Wildman–Crippen MR) is 74.3 cm³/mol. The van der Waals surface area contributed by atoms with Gasteiger partial charge in [0.05, 0.1) is 6.20 Å². The van der Waals surface area contributed by atoms with Crippen molar-refractivity contribution in [2.24, 2.45) is 5.73 Å². The number of nitrogens with zero attached hydrogens (tertiary/aromatic N) is 3. The van der Waals surface area contributed by atoms with Crippen LogP contribution in [-0.4, -0.2) is 33.8 Å². The normalized spacial score (nSPS) is 23.2. The van der Waals surface area contributed by atoms with Gasteiger partial charge in [-0.25, -0.2) is 0 Å². The molecular weight excluding hydrogens is 224 g/mol. The molecule has 0 spiro atoms. The van der Waals surface area contributed by atoms with Crippen LogP contribution in [0.5, 0.6) is 0 Å². The SMILES string of the molecule is CCn1cc(C(C)N2CCCCC2CCN)cn1. The molecule has 1 aliphatic rings. The Balaban J connectivity index is 2.07. The van der Waals surface area contributed by atoms with Crippen LogP contribution in [0, 0.1) is 0 Å². The molecule has 102 valence electrons. The van der Waals surface area contributed by atoms with Gasteiger partial charge in [-0.3, -0.25) is 9.58 Å². The Morgan fingerprint density at radius 3 is 3.00 bits per heavy atom. The average Bonchev–Trinajstić information content (AvgIpc) is 2.88. The maximum atomic E-state index is 5.74. The highest BCUT2D eigenvalue weighted by Crippen LogP contribution is 2.29. The fourth-order valence-corrected chi connectivity index (χ4v) is 2.99. The Bertz CT molecular complexity index is 358. The molecule has 1 aliphatic heterocycles. The molecular formula is C14H26N4. The van der Waals surface area contributed by atoms with Crippen molar-refractivity contribution in [3.05, 3.63) is 18.0 Å². The lowest BCUT2D eigenvalue weighted by molar-refractivity contribution is 0.0983. The standard InChI is InChI=1S/C14H26N4/c1-3-17-11-13(10-16-17)12(2)18-9-5-4-6-14(18)7-8-15/h10-12,14H,3-9,15H2,1-2H3. The molecule has 18 heavy (non-hydrogen) atoms. The zero-order chi connectivity index (χ0) is 13.0. The lowest BCUT2D eigenvalue weighted by Crippen LogP contribution is -2.42. The van der Waals surface area contributed by atoms with E-state index in [9.17, 15) is 0 Å². The number of nitrogens with two attached hydrogens (primary N) is 1. The molecule has 2 atom stereocenters. The van der Waals surface area contributed by atoms with Crippen LogP contribution >= 0.6 is 0 Å². The van der Waals surface area contributed by atoms with Crippen LogP contribution in [0.2, 0.25) is 0 Å². The fraction of sp³-hybridized carbons (Fsp3) is 0.786. The van der Waals surface area contributed by atoms with Crippen LogP contribution in [0.25, 0.3) is 0 Å². The number of aryl methyl sites for hydroxylation is 1. The lowest BCUT2D eigenvalue weighted by Gasteiger charge is -2.39. The first-order chi connectivity index (χ1) is 8.76. The maximum Gasteiger partial charge on any atom is 0.0537 e. The average molecular weight is 250 g/mol. The summed E-state index contributed by atoms with van der Waals surface area (Å²) in [5.41, 5.74) is 7.08.